The second-order valence-corrected chi connectivity index (χ2v) is 5.80. The summed E-state index contributed by atoms with van der Waals surface area (Å²) in [5.41, 5.74) is 1.67. The Morgan fingerprint density at radius 2 is 1.81 bits per heavy atom. The highest BCUT2D eigenvalue weighted by molar-refractivity contribution is 6.13. The topological polar surface area (TPSA) is 54.5 Å². The maximum absolute atomic E-state index is 12.8. The molecule has 0 aliphatic rings. The van der Waals surface area contributed by atoms with Gasteiger partial charge in [0.15, 0.2) is 0 Å². The SMILES string of the molecule is CN(C)c1cc(C(=O)Nc2ccc(OC(F)F)cc2)c2ccccc2n1. The van der Waals surface area contributed by atoms with Gasteiger partial charge in [-0.05, 0) is 36.4 Å². The van der Waals surface area contributed by atoms with Crippen molar-refractivity contribution in [3.05, 3.63) is 60.2 Å². The van der Waals surface area contributed by atoms with Gasteiger partial charge in [-0.3, -0.25) is 4.79 Å². The number of para-hydroxylation sites is 1. The second-order valence-electron chi connectivity index (χ2n) is 5.80. The summed E-state index contributed by atoms with van der Waals surface area (Å²) < 4.78 is 28.7. The van der Waals surface area contributed by atoms with E-state index in [1.807, 2.05) is 43.3 Å². The van der Waals surface area contributed by atoms with Crippen LogP contribution in [0.15, 0.2) is 54.6 Å². The Labute approximate surface area is 149 Å². The van der Waals surface area contributed by atoms with E-state index in [0.29, 0.717) is 22.6 Å². The molecule has 0 radical (unpaired) electrons. The van der Waals surface area contributed by atoms with Crippen molar-refractivity contribution in [2.45, 2.75) is 6.61 Å². The van der Waals surface area contributed by atoms with Crippen LogP contribution in [0.5, 0.6) is 5.75 Å². The number of anilines is 2. The van der Waals surface area contributed by atoms with E-state index in [1.165, 1.54) is 24.3 Å². The van der Waals surface area contributed by atoms with Crippen LogP contribution in [-0.4, -0.2) is 31.6 Å². The molecular formula is C19H17F2N3O2. The van der Waals surface area contributed by atoms with Crippen molar-refractivity contribution in [2.75, 3.05) is 24.3 Å². The van der Waals surface area contributed by atoms with Crippen molar-refractivity contribution >= 4 is 28.3 Å². The summed E-state index contributed by atoms with van der Waals surface area (Å²) in [7, 11) is 3.70. The first-order valence-electron chi connectivity index (χ1n) is 7.87. The van der Waals surface area contributed by atoms with Crippen molar-refractivity contribution in [1.29, 1.82) is 0 Å². The molecule has 5 nitrogen and oxygen atoms in total. The zero-order chi connectivity index (χ0) is 18.7. The first-order chi connectivity index (χ1) is 12.4. The molecule has 1 amide bonds. The Balaban J connectivity index is 1.90. The van der Waals surface area contributed by atoms with Gasteiger partial charge in [0.1, 0.15) is 11.6 Å². The van der Waals surface area contributed by atoms with Gasteiger partial charge in [0.05, 0.1) is 11.1 Å². The molecule has 0 atom stereocenters. The van der Waals surface area contributed by atoms with Crippen LogP contribution in [0.2, 0.25) is 0 Å². The van der Waals surface area contributed by atoms with Gasteiger partial charge >= 0.3 is 6.61 Å². The summed E-state index contributed by atoms with van der Waals surface area (Å²) in [4.78, 5) is 19.1. The second kappa shape index (κ2) is 7.35. The van der Waals surface area contributed by atoms with E-state index in [-0.39, 0.29) is 11.7 Å². The van der Waals surface area contributed by atoms with Crippen molar-refractivity contribution in [2.24, 2.45) is 0 Å². The Bertz CT molecular complexity index is 928. The molecule has 26 heavy (non-hydrogen) atoms. The maximum Gasteiger partial charge on any atom is 0.387 e. The highest BCUT2D eigenvalue weighted by Crippen LogP contribution is 2.24. The van der Waals surface area contributed by atoms with Crippen LogP contribution in [-0.2, 0) is 0 Å². The lowest BCUT2D eigenvalue weighted by molar-refractivity contribution is -0.0498. The number of amides is 1. The van der Waals surface area contributed by atoms with E-state index in [2.05, 4.69) is 15.0 Å². The van der Waals surface area contributed by atoms with E-state index >= 15 is 0 Å². The molecule has 2 aromatic carbocycles. The summed E-state index contributed by atoms with van der Waals surface area (Å²) in [5.74, 6) is 0.381. The van der Waals surface area contributed by atoms with Crippen LogP contribution in [0, 0.1) is 0 Å². The van der Waals surface area contributed by atoms with Gasteiger partial charge < -0.3 is 15.0 Å². The molecule has 1 heterocycles. The summed E-state index contributed by atoms with van der Waals surface area (Å²) in [6.45, 7) is -2.89. The normalized spacial score (nSPS) is 10.8. The van der Waals surface area contributed by atoms with E-state index in [4.69, 9.17) is 0 Å². The van der Waals surface area contributed by atoms with Crippen molar-refractivity contribution < 1.29 is 18.3 Å². The Kier molecular flexibility index (Phi) is 4.97. The first-order valence-corrected chi connectivity index (χ1v) is 7.87. The number of carbonyl (C=O) groups is 1. The Morgan fingerprint density at radius 1 is 1.12 bits per heavy atom. The predicted molar refractivity (Wildman–Crippen MR) is 97.1 cm³/mol. The third kappa shape index (κ3) is 3.88. The number of ether oxygens (including phenoxy) is 1. The molecule has 7 heteroatoms. The monoisotopic (exact) mass is 357 g/mol. The minimum atomic E-state index is -2.89. The minimum absolute atomic E-state index is 0.0299. The number of nitrogens with one attached hydrogen (secondary N) is 1. The molecule has 0 unspecified atom stereocenters. The van der Waals surface area contributed by atoms with Crippen LogP contribution in [0.4, 0.5) is 20.3 Å². The zero-order valence-electron chi connectivity index (χ0n) is 14.2. The summed E-state index contributed by atoms with van der Waals surface area (Å²) in [5, 5.41) is 3.50. The lowest BCUT2D eigenvalue weighted by atomic mass is 10.1. The van der Waals surface area contributed by atoms with Crippen molar-refractivity contribution in [3.8, 4) is 5.75 Å². The van der Waals surface area contributed by atoms with E-state index in [1.54, 1.807) is 6.07 Å². The molecule has 134 valence electrons. The van der Waals surface area contributed by atoms with Crippen LogP contribution < -0.4 is 15.0 Å². The minimum Gasteiger partial charge on any atom is -0.435 e. The largest absolute Gasteiger partial charge is 0.435 e. The van der Waals surface area contributed by atoms with Gasteiger partial charge in [-0.25, -0.2) is 4.98 Å². The number of nitrogens with zero attached hydrogens (tertiary/aromatic N) is 2. The fourth-order valence-corrected chi connectivity index (χ4v) is 2.50. The third-order valence-corrected chi connectivity index (χ3v) is 3.74. The molecule has 0 spiro atoms. The molecule has 0 aliphatic carbocycles. The quantitative estimate of drug-likeness (QED) is 0.745. The number of hydrogen-bond acceptors (Lipinski definition) is 4. The third-order valence-electron chi connectivity index (χ3n) is 3.74. The lowest BCUT2D eigenvalue weighted by Gasteiger charge is -2.15. The Hall–Kier alpha value is -3.22. The number of halogens is 2. The summed E-state index contributed by atoms with van der Waals surface area (Å²) in [6, 6.07) is 14.8. The molecule has 1 aromatic heterocycles. The van der Waals surface area contributed by atoms with Gasteiger partial charge in [0.2, 0.25) is 0 Å². The molecule has 0 fully saturated rings. The van der Waals surface area contributed by atoms with Crippen LogP contribution in [0.3, 0.4) is 0 Å². The molecule has 0 aliphatic heterocycles. The molecule has 3 aromatic rings. The van der Waals surface area contributed by atoms with Crippen LogP contribution in [0.1, 0.15) is 10.4 Å². The molecular weight excluding hydrogens is 340 g/mol. The van der Waals surface area contributed by atoms with Crippen LogP contribution >= 0.6 is 0 Å². The van der Waals surface area contributed by atoms with Crippen molar-refractivity contribution in [1.82, 2.24) is 4.98 Å². The van der Waals surface area contributed by atoms with E-state index in [9.17, 15) is 13.6 Å². The number of alkyl halides is 2. The Morgan fingerprint density at radius 3 is 2.46 bits per heavy atom. The number of benzene rings is 2. The maximum atomic E-state index is 12.8. The predicted octanol–water partition coefficient (Wildman–Crippen LogP) is 4.15. The number of rotatable bonds is 5. The molecule has 0 saturated heterocycles. The van der Waals surface area contributed by atoms with Gasteiger partial charge in [-0.15, -0.1) is 0 Å². The molecule has 0 saturated carbocycles. The van der Waals surface area contributed by atoms with Gasteiger partial charge in [-0.1, -0.05) is 18.2 Å². The molecule has 0 bridgehead atoms. The number of fused-ring (bicyclic) bond motifs is 1. The van der Waals surface area contributed by atoms with Crippen molar-refractivity contribution in [3.63, 3.8) is 0 Å². The highest BCUT2D eigenvalue weighted by Gasteiger charge is 2.14. The fourth-order valence-electron chi connectivity index (χ4n) is 2.50. The lowest BCUT2D eigenvalue weighted by Crippen LogP contribution is -2.16. The first kappa shape index (κ1) is 17.6. The number of carbonyl (C=O) groups excluding carboxylic acids is 1. The van der Waals surface area contributed by atoms with E-state index < -0.39 is 6.61 Å². The number of hydrogen-bond donors (Lipinski definition) is 1. The molecule has 1 N–H and O–H groups in total. The number of aromatic nitrogens is 1. The number of pyridine rings is 1. The van der Waals surface area contributed by atoms with Gasteiger partial charge in [0, 0.05) is 25.2 Å². The highest BCUT2D eigenvalue weighted by atomic mass is 19.3. The summed E-state index contributed by atoms with van der Waals surface area (Å²) >= 11 is 0. The smallest absolute Gasteiger partial charge is 0.387 e. The van der Waals surface area contributed by atoms with E-state index in [0.717, 1.165) is 5.39 Å². The van der Waals surface area contributed by atoms with Crippen LogP contribution in [0.25, 0.3) is 10.9 Å². The molecule has 3 rings (SSSR count). The fraction of sp³-hybridized carbons (Fsp3) is 0.158. The standard InChI is InChI=1S/C19H17F2N3O2/c1-24(2)17-11-15(14-5-3-4-6-16(14)23-17)18(25)22-12-7-9-13(10-8-12)26-19(20)21/h3-11,19H,1-2H3,(H,22,25). The average molecular weight is 357 g/mol. The zero-order valence-corrected chi connectivity index (χ0v) is 14.2. The van der Waals surface area contributed by atoms with Gasteiger partial charge in [-0.2, -0.15) is 8.78 Å². The summed E-state index contributed by atoms with van der Waals surface area (Å²) in [6.07, 6.45) is 0. The average Bonchev–Trinajstić information content (AvgIpc) is 2.61. The van der Waals surface area contributed by atoms with Gasteiger partial charge in [0.25, 0.3) is 5.91 Å².